The second-order valence-electron chi connectivity index (χ2n) is 6.65. The van der Waals surface area contributed by atoms with Crippen LogP contribution < -0.4 is 10.6 Å². The molecule has 0 aliphatic carbocycles. The summed E-state index contributed by atoms with van der Waals surface area (Å²) < 4.78 is 0. The summed E-state index contributed by atoms with van der Waals surface area (Å²) in [6, 6.07) is -0.641. The summed E-state index contributed by atoms with van der Waals surface area (Å²) in [5, 5.41) is 5.79. The number of nitrogens with one attached hydrogen (secondary N) is 2. The Morgan fingerprint density at radius 1 is 0.857 bits per heavy atom. The highest BCUT2D eigenvalue weighted by Crippen LogP contribution is 2.13. The van der Waals surface area contributed by atoms with Gasteiger partial charge < -0.3 is 10.6 Å². The monoisotopic (exact) mass is 296 g/mol. The summed E-state index contributed by atoms with van der Waals surface area (Å²) in [6.45, 7) is 6.58. The molecule has 1 saturated heterocycles. The molecule has 0 aromatic carbocycles. The number of rotatable bonds is 10. The zero-order valence-electron chi connectivity index (χ0n) is 13.9. The lowest BCUT2D eigenvalue weighted by atomic mass is 9.99. The van der Waals surface area contributed by atoms with E-state index < -0.39 is 0 Å². The summed E-state index contributed by atoms with van der Waals surface area (Å²) >= 11 is 0. The van der Waals surface area contributed by atoms with Crippen LogP contribution in [0.4, 0.5) is 0 Å². The zero-order valence-corrected chi connectivity index (χ0v) is 13.9. The molecule has 2 unspecified atom stereocenters. The van der Waals surface area contributed by atoms with E-state index in [4.69, 9.17) is 0 Å². The summed E-state index contributed by atoms with van der Waals surface area (Å²) in [4.78, 5) is 24.1. The van der Waals surface area contributed by atoms with Gasteiger partial charge in [-0.05, 0) is 18.8 Å². The average molecular weight is 296 g/mol. The fourth-order valence-electron chi connectivity index (χ4n) is 2.76. The Kier molecular flexibility index (Phi) is 8.40. The van der Waals surface area contributed by atoms with E-state index in [1.807, 2.05) is 0 Å². The first kappa shape index (κ1) is 18.0. The van der Waals surface area contributed by atoms with Crippen LogP contribution in [0, 0.1) is 5.92 Å². The normalized spacial score (nSPS) is 22.3. The van der Waals surface area contributed by atoms with Gasteiger partial charge in [0, 0.05) is 0 Å². The van der Waals surface area contributed by atoms with Crippen molar-refractivity contribution in [2.45, 2.75) is 90.6 Å². The molecule has 2 atom stereocenters. The summed E-state index contributed by atoms with van der Waals surface area (Å²) in [5.41, 5.74) is 0. The Balaban J connectivity index is 2.26. The molecule has 1 rings (SSSR count). The van der Waals surface area contributed by atoms with Crippen LogP contribution in [0.1, 0.15) is 78.6 Å². The predicted octanol–water partition coefficient (Wildman–Crippen LogP) is 3.16. The lowest BCUT2D eigenvalue weighted by Crippen LogP contribution is -2.61. The molecule has 122 valence electrons. The Labute approximate surface area is 129 Å². The van der Waals surface area contributed by atoms with Crippen LogP contribution in [0.25, 0.3) is 0 Å². The Morgan fingerprint density at radius 2 is 1.38 bits per heavy atom. The molecule has 1 heterocycles. The van der Waals surface area contributed by atoms with Gasteiger partial charge in [0.1, 0.15) is 12.1 Å². The van der Waals surface area contributed by atoms with Crippen LogP contribution in [0.15, 0.2) is 0 Å². The van der Waals surface area contributed by atoms with Crippen molar-refractivity contribution in [1.29, 1.82) is 0 Å². The van der Waals surface area contributed by atoms with Crippen molar-refractivity contribution in [2.75, 3.05) is 0 Å². The molecule has 4 heteroatoms. The molecule has 0 aromatic rings. The number of piperazine rings is 1. The van der Waals surface area contributed by atoms with Gasteiger partial charge in [-0.25, -0.2) is 0 Å². The topological polar surface area (TPSA) is 58.2 Å². The van der Waals surface area contributed by atoms with Crippen molar-refractivity contribution in [1.82, 2.24) is 10.6 Å². The molecule has 2 N–H and O–H groups in total. The van der Waals surface area contributed by atoms with Crippen molar-refractivity contribution >= 4 is 11.8 Å². The van der Waals surface area contributed by atoms with Crippen LogP contribution in [0.5, 0.6) is 0 Å². The highest BCUT2D eigenvalue weighted by molar-refractivity contribution is 5.96. The van der Waals surface area contributed by atoms with Crippen molar-refractivity contribution in [3.8, 4) is 0 Å². The second-order valence-corrected chi connectivity index (χ2v) is 6.65. The van der Waals surface area contributed by atoms with Gasteiger partial charge in [0.05, 0.1) is 0 Å². The molecular weight excluding hydrogens is 264 g/mol. The smallest absolute Gasteiger partial charge is 0.243 e. The molecule has 0 radical (unpaired) electrons. The maximum absolute atomic E-state index is 12.0. The molecule has 1 aliphatic rings. The number of hydrogen-bond acceptors (Lipinski definition) is 2. The van der Waals surface area contributed by atoms with Gasteiger partial charge in [0.25, 0.3) is 0 Å². The Morgan fingerprint density at radius 3 is 1.86 bits per heavy atom. The molecule has 2 amide bonds. The molecule has 4 nitrogen and oxygen atoms in total. The fourth-order valence-corrected chi connectivity index (χ4v) is 2.76. The van der Waals surface area contributed by atoms with E-state index in [0.29, 0.717) is 5.92 Å². The second kappa shape index (κ2) is 9.80. The van der Waals surface area contributed by atoms with Gasteiger partial charge in [-0.1, -0.05) is 65.7 Å². The van der Waals surface area contributed by atoms with Gasteiger partial charge >= 0.3 is 0 Å². The molecular formula is C17H32N2O2. The Hall–Kier alpha value is -1.06. The predicted molar refractivity (Wildman–Crippen MR) is 85.9 cm³/mol. The maximum atomic E-state index is 12.0. The fraction of sp³-hybridized carbons (Fsp3) is 0.882. The molecule has 1 fully saturated rings. The van der Waals surface area contributed by atoms with Gasteiger partial charge in [0.2, 0.25) is 11.8 Å². The van der Waals surface area contributed by atoms with Crippen LogP contribution in [0.2, 0.25) is 0 Å². The molecule has 1 aliphatic heterocycles. The van der Waals surface area contributed by atoms with E-state index in [-0.39, 0.29) is 23.9 Å². The molecule has 0 aromatic heterocycles. The van der Waals surface area contributed by atoms with Crippen molar-refractivity contribution in [2.24, 2.45) is 5.92 Å². The average Bonchev–Trinajstić information content (AvgIpc) is 2.43. The van der Waals surface area contributed by atoms with Gasteiger partial charge in [-0.3, -0.25) is 9.59 Å². The van der Waals surface area contributed by atoms with Crippen molar-refractivity contribution < 1.29 is 9.59 Å². The molecule has 0 bridgehead atoms. The highest BCUT2D eigenvalue weighted by atomic mass is 16.2. The minimum absolute atomic E-state index is 0.0000388. The minimum Gasteiger partial charge on any atom is -0.343 e. The first-order valence-electron chi connectivity index (χ1n) is 8.65. The van der Waals surface area contributed by atoms with Crippen molar-refractivity contribution in [3.63, 3.8) is 0 Å². The summed E-state index contributed by atoms with van der Waals surface area (Å²) in [5.74, 6) is 0.701. The molecule has 0 spiro atoms. The van der Waals surface area contributed by atoms with E-state index in [1.165, 1.54) is 19.3 Å². The number of unbranched alkanes of at least 4 members (excludes halogenated alkanes) is 4. The third kappa shape index (κ3) is 6.96. The van der Waals surface area contributed by atoms with Gasteiger partial charge in [-0.15, -0.1) is 0 Å². The van der Waals surface area contributed by atoms with E-state index in [0.717, 1.165) is 38.5 Å². The SMILES string of the molecule is CCCCCCC1NC(=O)C(CCCCC(C)C)NC1=O. The molecule has 21 heavy (non-hydrogen) atoms. The third-order valence-electron chi connectivity index (χ3n) is 4.14. The zero-order chi connectivity index (χ0) is 15.7. The Bertz CT molecular complexity index is 329. The van der Waals surface area contributed by atoms with Crippen LogP contribution in [-0.2, 0) is 9.59 Å². The van der Waals surface area contributed by atoms with Gasteiger partial charge in [-0.2, -0.15) is 0 Å². The van der Waals surface area contributed by atoms with E-state index in [9.17, 15) is 9.59 Å². The minimum atomic E-state index is -0.323. The van der Waals surface area contributed by atoms with E-state index in [2.05, 4.69) is 31.4 Å². The van der Waals surface area contributed by atoms with Gasteiger partial charge in [0.15, 0.2) is 0 Å². The van der Waals surface area contributed by atoms with Crippen molar-refractivity contribution in [3.05, 3.63) is 0 Å². The molecule has 0 saturated carbocycles. The highest BCUT2D eigenvalue weighted by Gasteiger charge is 2.32. The number of hydrogen-bond donors (Lipinski definition) is 2. The lowest BCUT2D eigenvalue weighted by Gasteiger charge is -2.29. The van der Waals surface area contributed by atoms with E-state index in [1.54, 1.807) is 0 Å². The number of carbonyl (C=O) groups excluding carboxylic acids is 2. The first-order valence-corrected chi connectivity index (χ1v) is 8.65. The van der Waals surface area contributed by atoms with Crippen LogP contribution in [0.3, 0.4) is 0 Å². The quantitative estimate of drug-likeness (QED) is 0.608. The summed E-state index contributed by atoms with van der Waals surface area (Å²) in [6.07, 6.45) is 9.34. The number of carbonyl (C=O) groups is 2. The standard InChI is InChI=1S/C17H32N2O2/c1-4-5-6-7-11-14-16(20)19-15(17(21)18-14)12-9-8-10-13(2)3/h13-15H,4-12H2,1-3H3,(H,18,21)(H,19,20). The summed E-state index contributed by atoms with van der Waals surface area (Å²) in [7, 11) is 0. The largest absolute Gasteiger partial charge is 0.343 e. The third-order valence-corrected chi connectivity index (χ3v) is 4.14. The lowest BCUT2D eigenvalue weighted by molar-refractivity contribution is -0.137. The van der Waals surface area contributed by atoms with E-state index >= 15 is 0 Å². The number of amides is 2. The maximum Gasteiger partial charge on any atom is 0.243 e. The van der Waals surface area contributed by atoms with Crippen LogP contribution >= 0.6 is 0 Å². The van der Waals surface area contributed by atoms with Crippen LogP contribution in [-0.4, -0.2) is 23.9 Å². The first-order chi connectivity index (χ1) is 10.0.